The summed E-state index contributed by atoms with van der Waals surface area (Å²) in [5.74, 6) is 0. The second-order valence-electron chi connectivity index (χ2n) is 4.50. The summed E-state index contributed by atoms with van der Waals surface area (Å²) >= 11 is 6.36. The monoisotopic (exact) mass is 273 g/mol. The van der Waals surface area contributed by atoms with E-state index in [0.717, 1.165) is 42.2 Å². The Bertz CT molecular complexity index is 365. The van der Waals surface area contributed by atoms with E-state index in [-0.39, 0.29) is 6.04 Å². The Morgan fingerprint density at radius 2 is 2.17 bits per heavy atom. The van der Waals surface area contributed by atoms with E-state index in [2.05, 4.69) is 24.3 Å². The van der Waals surface area contributed by atoms with Crippen LogP contribution >= 0.6 is 11.6 Å². The number of nitrogens with one attached hydrogen (secondary N) is 1. The number of aryl methyl sites for hydroxylation is 2. The van der Waals surface area contributed by atoms with Crippen molar-refractivity contribution in [3.05, 3.63) is 16.4 Å². The van der Waals surface area contributed by atoms with Gasteiger partial charge in [-0.25, -0.2) is 0 Å². The maximum atomic E-state index is 6.36. The van der Waals surface area contributed by atoms with E-state index < -0.39 is 0 Å². The molecule has 0 fully saturated rings. The Morgan fingerprint density at radius 3 is 2.67 bits per heavy atom. The van der Waals surface area contributed by atoms with Crippen molar-refractivity contribution in [2.45, 2.75) is 39.2 Å². The highest BCUT2D eigenvalue weighted by atomic mass is 35.5. The Labute approximate surface area is 115 Å². The molecule has 4 nitrogen and oxygen atoms in total. The van der Waals surface area contributed by atoms with Gasteiger partial charge in [-0.05, 0) is 19.4 Å². The lowest BCUT2D eigenvalue weighted by molar-refractivity contribution is 0.165. The van der Waals surface area contributed by atoms with Crippen molar-refractivity contribution in [2.75, 3.05) is 20.3 Å². The molecule has 1 atom stereocenters. The molecule has 1 aromatic rings. The van der Waals surface area contributed by atoms with E-state index in [1.54, 1.807) is 7.11 Å². The molecule has 0 amide bonds. The normalized spacial score (nSPS) is 12.9. The number of rotatable bonds is 8. The van der Waals surface area contributed by atoms with Gasteiger partial charge in [0.15, 0.2) is 0 Å². The fourth-order valence-electron chi connectivity index (χ4n) is 2.01. The SMILES string of the molecule is CCCNC(COC)Cc1c(Cl)c(CC)nn1C. The fraction of sp³-hybridized carbons (Fsp3) is 0.769. The van der Waals surface area contributed by atoms with Crippen LogP contribution in [0.2, 0.25) is 5.02 Å². The third-order valence-corrected chi connectivity index (χ3v) is 3.43. The first-order valence-electron chi connectivity index (χ1n) is 6.56. The third kappa shape index (κ3) is 3.97. The number of hydrogen-bond acceptors (Lipinski definition) is 3. The predicted octanol–water partition coefficient (Wildman–Crippen LogP) is 2.19. The van der Waals surface area contributed by atoms with Crippen LogP contribution < -0.4 is 5.32 Å². The highest BCUT2D eigenvalue weighted by Gasteiger charge is 2.17. The second-order valence-corrected chi connectivity index (χ2v) is 4.87. The zero-order valence-corrected chi connectivity index (χ0v) is 12.5. The van der Waals surface area contributed by atoms with Crippen LogP contribution in [0.25, 0.3) is 0 Å². The van der Waals surface area contributed by atoms with E-state index in [4.69, 9.17) is 16.3 Å². The number of hydrogen-bond donors (Lipinski definition) is 1. The molecule has 0 spiro atoms. The molecule has 104 valence electrons. The predicted molar refractivity (Wildman–Crippen MR) is 75.3 cm³/mol. The van der Waals surface area contributed by atoms with Crippen LogP contribution in [0.3, 0.4) is 0 Å². The first kappa shape index (κ1) is 15.5. The first-order valence-corrected chi connectivity index (χ1v) is 6.94. The Hall–Kier alpha value is -0.580. The minimum atomic E-state index is 0.285. The van der Waals surface area contributed by atoms with Crippen LogP contribution in [0.1, 0.15) is 31.7 Å². The van der Waals surface area contributed by atoms with Gasteiger partial charge in [0.25, 0.3) is 0 Å². The van der Waals surface area contributed by atoms with Gasteiger partial charge in [-0.1, -0.05) is 25.4 Å². The molecular weight excluding hydrogens is 250 g/mol. The van der Waals surface area contributed by atoms with Gasteiger partial charge in [0.1, 0.15) is 0 Å². The van der Waals surface area contributed by atoms with Gasteiger partial charge >= 0.3 is 0 Å². The number of ether oxygens (including phenoxy) is 1. The maximum Gasteiger partial charge on any atom is 0.0850 e. The van der Waals surface area contributed by atoms with Crippen LogP contribution in [-0.2, 0) is 24.6 Å². The molecule has 0 aliphatic carbocycles. The third-order valence-electron chi connectivity index (χ3n) is 2.99. The molecule has 1 aromatic heterocycles. The second kappa shape index (κ2) is 7.77. The molecule has 1 rings (SSSR count). The average Bonchev–Trinajstić information content (AvgIpc) is 2.63. The lowest BCUT2D eigenvalue weighted by Gasteiger charge is -2.17. The smallest absolute Gasteiger partial charge is 0.0850 e. The Balaban J connectivity index is 2.76. The topological polar surface area (TPSA) is 39.1 Å². The average molecular weight is 274 g/mol. The van der Waals surface area contributed by atoms with Crippen LogP contribution in [0.5, 0.6) is 0 Å². The Kier molecular flexibility index (Phi) is 6.68. The standard InChI is InChI=1S/C13H24ClN3O/c1-5-7-15-10(9-18-4)8-12-13(14)11(6-2)16-17(12)3/h10,15H,5-9H2,1-4H3. The van der Waals surface area contributed by atoms with Crippen molar-refractivity contribution >= 4 is 11.6 Å². The van der Waals surface area contributed by atoms with Crippen LogP contribution in [0.15, 0.2) is 0 Å². The van der Waals surface area contributed by atoms with Crippen molar-refractivity contribution in [2.24, 2.45) is 7.05 Å². The van der Waals surface area contributed by atoms with Gasteiger partial charge in [0.2, 0.25) is 0 Å². The van der Waals surface area contributed by atoms with Crippen molar-refractivity contribution in [3.63, 3.8) is 0 Å². The molecule has 0 aliphatic heterocycles. The van der Waals surface area contributed by atoms with E-state index in [9.17, 15) is 0 Å². The highest BCUT2D eigenvalue weighted by molar-refractivity contribution is 6.31. The molecule has 1 N–H and O–H groups in total. The zero-order valence-electron chi connectivity index (χ0n) is 11.8. The molecule has 0 aliphatic rings. The lowest BCUT2D eigenvalue weighted by Crippen LogP contribution is -2.36. The van der Waals surface area contributed by atoms with Gasteiger partial charge in [0.05, 0.1) is 23.0 Å². The number of aromatic nitrogens is 2. The molecule has 0 aromatic carbocycles. The molecule has 5 heteroatoms. The summed E-state index contributed by atoms with van der Waals surface area (Å²) in [7, 11) is 3.67. The largest absolute Gasteiger partial charge is 0.383 e. The molecule has 0 saturated heterocycles. The van der Waals surface area contributed by atoms with Crippen molar-refractivity contribution in [3.8, 4) is 0 Å². The summed E-state index contributed by atoms with van der Waals surface area (Å²) in [6.07, 6.45) is 2.82. The lowest BCUT2D eigenvalue weighted by atomic mass is 10.1. The van der Waals surface area contributed by atoms with Crippen LogP contribution in [0, 0.1) is 0 Å². The van der Waals surface area contributed by atoms with Gasteiger partial charge in [-0.15, -0.1) is 0 Å². The minimum absolute atomic E-state index is 0.285. The Morgan fingerprint density at radius 1 is 1.44 bits per heavy atom. The van der Waals surface area contributed by atoms with Crippen molar-refractivity contribution < 1.29 is 4.74 Å². The van der Waals surface area contributed by atoms with E-state index >= 15 is 0 Å². The first-order chi connectivity index (χ1) is 8.63. The summed E-state index contributed by atoms with van der Waals surface area (Å²) in [6.45, 7) is 5.90. The van der Waals surface area contributed by atoms with Crippen molar-refractivity contribution in [1.82, 2.24) is 15.1 Å². The van der Waals surface area contributed by atoms with E-state index in [1.165, 1.54) is 0 Å². The quantitative estimate of drug-likeness (QED) is 0.789. The zero-order chi connectivity index (χ0) is 13.5. The maximum absolute atomic E-state index is 6.36. The van der Waals surface area contributed by atoms with Crippen LogP contribution in [-0.4, -0.2) is 36.1 Å². The van der Waals surface area contributed by atoms with Gasteiger partial charge < -0.3 is 10.1 Å². The minimum Gasteiger partial charge on any atom is -0.383 e. The molecule has 18 heavy (non-hydrogen) atoms. The van der Waals surface area contributed by atoms with Crippen LogP contribution in [0.4, 0.5) is 0 Å². The number of nitrogens with zero attached hydrogens (tertiary/aromatic N) is 2. The number of methoxy groups -OCH3 is 1. The molecule has 1 unspecified atom stereocenters. The highest BCUT2D eigenvalue weighted by Crippen LogP contribution is 2.22. The van der Waals surface area contributed by atoms with Crippen molar-refractivity contribution in [1.29, 1.82) is 0 Å². The molecule has 0 radical (unpaired) electrons. The summed E-state index contributed by atoms with van der Waals surface area (Å²) in [4.78, 5) is 0. The summed E-state index contributed by atoms with van der Waals surface area (Å²) in [5, 5.41) is 8.72. The summed E-state index contributed by atoms with van der Waals surface area (Å²) in [6, 6.07) is 0.285. The van der Waals surface area contributed by atoms with E-state index in [1.807, 2.05) is 11.7 Å². The fourth-order valence-corrected chi connectivity index (χ4v) is 2.39. The molecule has 0 saturated carbocycles. The molecular formula is C13H24ClN3O. The summed E-state index contributed by atoms with van der Waals surface area (Å²) < 4.78 is 7.14. The molecule has 1 heterocycles. The van der Waals surface area contributed by atoms with Gasteiger partial charge in [-0.3, -0.25) is 4.68 Å². The van der Waals surface area contributed by atoms with E-state index in [0.29, 0.717) is 6.61 Å². The molecule has 0 bridgehead atoms. The number of halogens is 1. The van der Waals surface area contributed by atoms with Gasteiger partial charge in [0, 0.05) is 26.6 Å². The summed E-state index contributed by atoms with van der Waals surface area (Å²) in [5.41, 5.74) is 2.06. The van der Waals surface area contributed by atoms with Gasteiger partial charge in [-0.2, -0.15) is 5.10 Å².